The number of para-hydroxylation sites is 2. The number of halogens is 1. The summed E-state index contributed by atoms with van der Waals surface area (Å²) >= 11 is 6.24. The summed E-state index contributed by atoms with van der Waals surface area (Å²) in [4.78, 5) is 14.4. The van der Waals surface area contributed by atoms with E-state index in [2.05, 4.69) is 5.32 Å². The molecule has 0 aliphatic rings. The lowest BCUT2D eigenvalue weighted by Crippen LogP contribution is -2.18. The first-order valence-corrected chi connectivity index (χ1v) is 8.20. The van der Waals surface area contributed by atoms with E-state index in [0.717, 1.165) is 17.0 Å². The van der Waals surface area contributed by atoms with Gasteiger partial charge in [0.1, 0.15) is 5.75 Å². The smallest absolute Gasteiger partial charge is 0.225 e. The maximum atomic E-state index is 12.5. The normalized spacial score (nSPS) is 11.7. The van der Waals surface area contributed by atoms with Gasteiger partial charge in [-0.05, 0) is 29.7 Å². The van der Waals surface area contributed by atoms with Gasteiger partial charge in [-0.2, -0.15) is 0 Å². The van der Waals surface area contributed by atoms with Gasteiger partial charge in [0, 0.05) is 20.5 Å². The molecule has 5 heteroatoms. The molecule has 0 saturated carbocycles. The maximum absolute atomic E-state index is 12.5. The minimum absolute atomic E-state index is 0.0446. The highest BCUT2D eigenvalue weighted by molar-refractivity contribution is 6.34. The summed E-state index contributed by atoms with van der Waals surface area (Å²) in [5.74, 6) is 0.788. The summed E-state index contributed by atoms with van der Waals surface area (Å²) in [7, 11) is 5.43. The zero-order chi connectivity index (χ0) is 17.7. The number of nitrogens with zero attached hydrogens (tertiary/aromatic N) is 1. The van der Waals surface area contributed by atoms with Crippen molar-refractivity contribution in [2.45, 2.75) is 19.3 Å². The van der Waals surface area contributed by atoms with Crippen molar-refractivity contribution in [3.63, 3.8) is 0 Å². The van der Waals surface area contributed by atoms with Gasteiger partial charge in [0.15, 0.2) is 0 Å². The summed E-state index contributed by atoms with van der Waals surface area (Å²) in [5.41, 5.74) is 2.54. The quantitative estimate of drug-likeness (QED) is 0.834. The molecule has 0 bridgehead atoms. The fraction of sp³-hybridized carbons (Fsp3) is 0.316. The van der Waals surface area contributed by atoms with E-state index in [-0.39, 0.29) is 11.8 Å². The van der Waals surface area contributed by atoms with Gasteiger partial charge in [-0.25, -0.2) is 0 Å². The predicted molar refractivity (Wildman–Crippen MR) is 100 cm³/mol. The molecule has 128 valence electrons. The van der Waals surface area contributed by atoms with E-state index in [1.54, 1.807) is 7.11 Å². The number of rotatable bonds is 6. The second-order valence-corrected chi connectivity index (χ2v) is 6.33. The number of amides is 1. The largest absolute Gasteiger partial charge is 0.496 e. The van der Waals surface area contributed by atoms with Crippen molar-refractivity contribution in [3.8, 4) is 5.75 Å². The van der Waals surface area contributed by atoms with E-state index in [1.165, 1.54) is 0 Å². The molecule has 0 heterocycles. The minimum Gasteiger partial charge on any atom is -0.496 e. The molecule has 0 saturated heterocycles. The highest BCUT2D eigenvalue weighted by Crippen LogP contribution is 2.33. The summed E-state index contributed by atoms with van der Waals surface area (Å²) < 4.78 is 5.38. The lowest BCUT2D eigenvalue weighted by atomic mass is 9.96. The van der Waals surface area contributed by atoms with Crippen molar-refractivity contribution in [3.05, 3.63) is 53.1 Å². The molecule has 0 aromatic heterocycles. The fourth-order valence-electron chi connectivity index (χ4n) is 2.73. The Morgan fingerprint density at radius 2 is 1.92 bits per heavy atom. The highest BCUT2D eigenvalue weighted by atomic mass is 35.5. The molecule has 1 N–H and O–H groups in total. The molecule has 2 aromatic rings. The number of hydrogen-bond donors (Lipinski definition) is 1. The van der Waals surface area contributed by atoms with Crippen LogP contribution in [0.4, 0.5) is 11.4 Å². The van der Waals surface area contributed by atoms with Crippen molar-refractivity contribution < 1.29 is 9.53 Å². The fourth-order valence-corrected chi connectivity index (χ4v) is 3.08. The van der Waals surface area contributed by atoms with Gasteiger partial charge in [0.2, 0.25) is 5.91 Å². The molecule has 1 unspecified atom stereocenters. The minimum atomic E-state index is -0.0567. The van der Waals surface area contributed by atoms with Crippen LogP contribution in [-0.4, -0.2) is 27.1 Å². The molecule has 0 fully saturated rings. The first kappa shape index (κ1) is 18.1. The molecule has 24 heavy (non-hydrogen) atoms. The van der Waals surface area contributed by atoms with E-state index < -0.39 is 0 Å². The average molecular weight is 347 g/mol. The number of nitrogens with one attached hydrogen (secondary N) is 1. The molecule has 0 aliphatic heterocycles. The Morgan fingerprint density at radius 3 is 2.58 bits per heavy atom. The van der Waals surface area contributed by atoms with Crippen LogP contribution in [0.15, 0.2) is 42.5 Å². The first-order valence-electron chi connectivity index (χ1n) is 7.82. The Morgan fingerprint density at radius 1 is 1.21 bits per heavy atom. The first-order chi connectivity index (χ1) is 11.4. The summed E-state index contributed by atoms with van der Waals surface area (Å²) in [6, 6.07) is 13.3. The van der Waals surface area contributed by atoms with Crippen LogP contribution in [0.1, 0.15) is 24.8 Å². The Hall–Kier alpha value is -2.20. The third kappa shape index (κ3) is 4.20. The van der Waals surface area contributed by atoms with Crippen LogP contribution in [0.25, 0.3) is 0 Å². The third-order valence-corrected chi connectivity index (χ3v) is 4.17. The van der Waals surface area contributed by atoms with Crippen LogP contribution in [-0.2, 0) is 4.79 Å². The van der Waals surface area contributed by atoms with Crippen LogP contribution in [0.5, 0.6) is 5.75 Å². The Kier molecular flexibility index (Phi) is 6.10. The highest BCUT2D eigenvalue weighted by Gasteiger charge is 2.17. The Labute approximate surface area is 148 Å². The number of carbonyl (C=O) groups is 1. The second kappa shape index (κ2) is 8.06. The number of benzene rings is 2. The van der Waals surface area contributed by atoms with Gasteiger partial charge < -0.3 is 15.0 Å². The summed E-state index contributed by atoms with van der Waals surface area (Å²) in [5, 5.41) is 3.57. The molecule has 1 atom stereocenters. The Balaban J connectivity index is 2.13. The maximum Gasteiger partial charge on any atom is 0.225 e. The molecule has 0 spiro atoms. The van der Waals surface area contributed by atoms with Crippen LogP contribution in [0, 0.1) is 0 Å². The molecule has 4 nitrogen and oxygen atoms in total. The van der Waals surface area contributed by atoms with Crippen molar-refractivity contribution in [2.24, 2.45) is 0 Å². The zero-order valence-corrected chi connectivity index (χ0v) is 15.2. The van der Waals surface area contributed by atoms with E-state index in [9.17, 15) is 4.79 Å². The van der Waals surface area contributed by atoms with E-state index in [4.69, 9.17) is 16.3 Å². The van der Waals surface area contributed by atoms with Crippen molar-refractivity contribution in [2.75, 3.05) is 31.4 Å². The van der Waals surface area contributed by atoms with Gasteiger partial charge >= 0.3 is 0 Å². The van der Waals surface area contributed by atoms with Crippen LogP contribution in [0.3, 0.4) is 0 Å². The number of anilines is 2. The molecule has 2 rings (SSSR count). The second-order valence-electron chi connectivity index (χ2n) is 5.93. The number of carbonyl (C=O) groups excluding carboxylic acids is 1. The van der Waals surface area contributed by atoms with Gasteiger partial charge in [-0.15, -0.1) is 0 Å². The molecule has 0 radical (unpaired) electrons. The molecule has 2 aromatic carbocycles. The Bertz CT molecular complexity index is 716. The number of methoxy groups -OCH3 is 1. The van der Waals surface area contributed by atoms with Crippen molar-refractivity contribution >= 4 is 28.9 Å². The van der Waals surface area contributed by atoms with Gasteiger partial charge in [-0.1, -0.05) is 42.8 Å². The van der Waals surface area contributed by atoms with Crippen molar-refractivity contribution in [1.82, 2.24) is 0 Å². The zero-order valence-electron chi connectivity index (χ0n) is 14.5. The predicted octanol–water partition coefficient (Wildman–Crippen LogP) is 4.55. The van der Waals surface area contributed by atoms with E-state index in [0.29, 0.717) is 17.1 Å². The average Bonchev–Trinajstić information content (AvgIpc) is 2.54. The molecule has 1 amide bonds. The topological polar surface area (TPSA) is 41.6 Å². The molecular formula is C19H23ClN2O2. The summed E-state index contributed by atoms with van der Waals surface area (Å²) in [6.45, 7) is 2.02. The van der Waals surface area contributed by atoms with Gasteiger partial charge in [-0.3, -0.25) is 4.79 Å². The third-order valence-electron chi connectivity index (χ3n) is 3.87. The van der Waals surface area contributed by atoms with Crippen LogP contribution >= 0.6 is 11.6 Å². The van der Waals surface area contributed by atoms with Gasteiger partial charge in [0.05, 0.1) is 23.5 Å². The SMILES string of the molecule is COc1ccccc1C(C)CC(=O)Nc1cccc(Cl)c1N(C)C. The number of hydrogen-bond acceptors (Lipinski definition) is 3. The van der Waals surface area contributed by atoms with Crippen LogP contribution < -0.4 is 15.0 Å². The van der Waals surface area contributed by atoms with E-state index in [1.807, 2.05) is 68.4 Å². The standard InChI is InChI=1S/C19H23ClN2O2/c1-13(14-8-5-6-11-17(14)24-4)12-18(23)21-16-10-7-9-15(20)19(16)22(2)3/h5-11,13H,12H2,1-4H3,(H,21,23). The molecule has 0 aliphatic carbocycles. The number of ether oxygens (including phenoxy) is 1. The van der Waals surface area contributed by atoms with Crippen molar-refractivity contribution in [1.29, 1.82) is 0 Å². The van der Waals surface area contributed by atoms with Crippen LogP contribution in [0.2, 0.25) is 5.02 Å². The van der Waals surface area contributed by atoms with Gasteiger partial charge in [0.25, 0.3) is 0 Å². The van der Waals surface area contributed by atoms with E-state index >= 15 is 0 Å². The lowest BCUT2D eigenvalue weighted by molar-refractivity contribution is -0.116. The summed E-state index contributed by atoms with van der Waals surface area (Å²) in [6.07, 6.45) is 0.361. The molecular weight excluding hydrogens is 324 g/mol. The lowest BCUT2D eigenvalue weighted by Gasteiger charge is -2.20. The monoisotopic (exact) mass is 346 g/mol.